The fourth-order valence-corrected chi connectivity index (χ4v) is 2.11. The van der Waals surface area contributed by atoms with Crippen molar-refractivity contribution in [3.8, 4) is 6.07 Å². The number of benzene rings is 1. The van der Waals surface area contributed by atoms with E-state index in [1.807, 2.05) is 6.07 Å². The number of amides is 1. The van der Waals surface area contributed by atoms with E-state index in [0.717, 1.165) is 12.8 Å². The van der Waals surface area contributed by atoms with E-state index in [4.69, 9.17) is 5.26 Å². The highest BCUT2D eigenvalue weighted by Gasteiger charge is 2.08. The first-order chi connectivity index (χ1) is 10.7. The van der Waals surface area contributed by atoms with Crippen molar-refractivity contribution in [3.05, 3.63) is 41.2 Å². The zero-order chi connectivity index (χ0) is 16.2. The lowest BCUT2D eigenvalue weighted by molar-refractivity contribution is -0.117. The molecule has 1 rings (SSSR count). The fraction of sp³-hybridized carbons (Fsp3) is 0.444. The van der Waals surface area contributed by atoms with Crippen LogP contribution < -0.4 is 5.32 Å². The molecule has 1 aromatic rings. The van der Waals surface area contributed by atoms with Crippen molar-refractivity contribution in [3.63, 3.8) is 0 Å². The second kappa shape index (κ2) is 10.6. The maximum Gasteiger partial charge on any atom is 0.261 e. The van der Waals surface area contributed by atoms with E-state index >= 15 is 0 Å². The molecule has 0 aliphatic carbocycles. The number of halogens is 1. The molecule has 1 N–H and O–H groups in total. The van der Waals surface area contributed by atoms with Crippen molar-refractivity contribution in [2.75, 3.05) is 6.54 Å². The summed E-state index contributed by atoms with van der Waals surface area (Å²) in [6, 6.07) is 7.68. The molecule has 1 aromatic carbocycles. The zero-order valence-corrected chi connectivity index (χ0v) is 13.1. The summed E-state index contributed by atoms with van der Waals surface area (Å²) < 4.78 is 13.1. The molecule has 0 bridgehead atoms. The van der Waals surface area contributed by atoms with Crippen molar-refractivity contribution < 1.29 is 9.18 Å². The van der Waals surface area contributed by atoms with Gasteiger partial charge in [-0.05, 0) is 30.2 Å². The van der Waals surface area contributed by atoms with Crippen LogP contribution in [-0.2, 0) is 4.79 Å². The van der Waals surface area contributed by atoms with Gasteiger partial charge in [-0.1, -0.05) is 51.2 Å². The first-order valence-corrected chi connectivity index (χ1v) is 7.83. The van der Waals surface area contributed by atoms with E-state index in [-0.39, 0.29) is 5.57 Å². The Labute approximate surface area is 131 Å². The molecule has 0 radical (unpaired) electrons. The minimum Gasteiger partial charge on any atom is -0.351 e. The van der Waals surface area contributed by atoms with E-state index in [0.29, 0.717) is 12.1 Å². The summed E-state index contributed by atoms with van der Waals surface area (Å²) >= 11 is 0. The third-order valence-corrected chi connectivity index (χ3v) is 3.34. The van der Waals surface area contributed by atoms with E-state index < -0.39 is 11.7 Å². The molecule has 0 atom stereocenters. The molecule has 0 heterocycles. The van der Waals surface area contributed by atoms with Gasteiger partial charge in [-0.15, -0.1) is 0 Å². The fourth-order valence-electron chi connectivity index (χ4n) is 2.11. The first-order valence-electron chi connectivity index (χ1n) is 7.83. The standard InChI is InChI=1S/C18H23FN2O/c1-2-3-4-5-6-7-11-21-18(22)16(14-20)12-15-9-8-10-17(19)13-15/h8-10,12-13H,2-7,11H2,1H3,(H,21,22)/b16-12-. The Balaban J connectivity index is 2.40. The summed E-state index contributed by atoms with van der Waals surface area (Å²) in [6.45, 7) is 2.74. The average Bonchev–Trinajstić information content (AvgIpc) is 2.51. The van der Waals surface area contributed by atoms with Gasteiger partial charge < -0.3 is 5.32 Å². The number of carbonyl (C=O) groups excluding carboxylic acids is 1. The molecule has 1 amide bonds. The monoisotopic (exact) mass is 302 g/mol. The van der Waals surface area contributed by atoms with E-state index in [1.54, 1.807) is 12.1 Å². The van der Waals surface area contributed by atoms with Crippen LogP contribution in [-0.4, -0.2) is 12.5 Å². The van der Waals surface area contributed by atoms with Crippen LogP contribution >= 0.6 is 0 Å². The number of nitriles is 1. The third kappa shape index (κ3) is 7.03. The molecule has 22 heavy (non-hydrogen) atoms. The summed E-state index contributed by atoms with van der Waals surface area (Å²) in [5.41, 5.74) is 0.503. The number of nitrogens with zero attached hydrogens (tertiary/aromatic N) is 1. The largest absolute Gasteiger partial charge is 0.351 e. The van der Waals surface area contributed by atoms with Crippen molar-refractivity contribution >= 4 is 12.0 Å². The highest BCUT2D eigenvalue weighted by atomic mass is 19.1. The van der Waals surface area contributed by atoms with E-state index in [9.17, 15) is 9.18 Å². The van der Waals surface area contributed by atoms with Gasteiger partial charge in [0.1, 0.15) is 17.5 Å². The summed E-state index contributed by atoms with van der Waals surface area (Å²) in [7, 11) is 0. The number of unbranched alkanes of at least 4 members (excludes halogenated alkanes) is 5. The van der Waals surface area contributed by atoms with Gasteiger partial charge in [0.15, 0.2) is 0 Å². The lowest BCUT2D eigenvalue weighted by atomic mass is 10.1. The zero-order valence-electron chi connectivity index (χ0n) is 13.1. The van der Waals surface area contributed by atoms with Crippen LogP contribution in [0.25, 0.3) is 6.08 Å². The molecular formula is C18H23FN2O. The first kappa shape index (κ1) is 17.9. The molecule has 0 saturated heterocycles. The van der Waals surface area contributed by atoms with Crippen molar-refractivity contribution in [1.82, 2.24) is 5.32 Å². The van der Waals surface area contributed by atoms with Gasteiger partial charge in [0.25, 0.3) is 5.91 Å². The lowest BCUT2D eigenvalue weighted by Gasteiger charge is -2.04. The summed E-state index contributed by atoms with van der Waals surface area (Å²) in [4.78, 5) is 11.9. The Morgan fingerprint density at radius 3 is 2.68 bits per heavy atom. The molecular weight excluding hydrogens is 279 g/mol. The predicted octanol–water partition coefficient (Wildman–Crippen LogP) is 4.21. The van der Waals surface area contributed by atoms with Gasteiger partial charge in [0.05, 0.1) is 0 Å². The molecule has 0 aliphatic rings. The van der Waals surface area contributed by atoms with Gasteiger partial charge in [0.2, 0.25) is 0 Å². The summed E-state index contributed by atoms with van der Waals surface area (Å²) in [5.74, 6) is -0.793. The Hall–Kier alpha value is -2.15. The molecule has 0 saturated carbocycles. The maximum atomic E-state index is 13.1. The Morgan fingerprint density at radius 1 is 1.27 bits per heavy atom. The van der Waals surface area contributed by atoms with Crippen LogP contribution in [0.1, 0.15) is 51.0 Å². The topological polar surface area (TPSA) is 52.9 Å². The minimum absolute atomic E-state index is 0.00316. The molecule has 3 nitrogen and oxygen atoms in total. The second-order valence-electron chi connectivity index (χ2n) is 5.25. The van der Waals surface area contributed by atoms with Gasteiger partial charge in [-0.2, -0.15) is 5.26 Å². The van der Waals surface area contributed by atoms with Crippen molar-refractivity contribution in [2.24, 2.45) is 0 Å². The van der Waals surface area contributed by atoms with Crippen molar-refractivity contribution in [1.29, 1.82) is 5.26 Å². The van der Waals surface area contributed by atoms with E-state index in [1.165, 1.54) is 43.9 Å². The van der Waals surface area contributed by atoms with Gasteiger partial charge in [-0.25, -0.2) is 4.39 Å². The van der Waals surface area contributed by atoms with Gasteiger partial charge >= 0.3 is 0 Å². The van der Waals surface area contributed by atoms with Crippen LogP contribution in [0.3, 0.4) is 0 Å². The molecule has 0 aliphatic heterocycles. The van der Waals surface area contributed by atoms with E-state index in [2.05, 4.69) is 12.2 Å². The lowest BCUT2D eigenvalue weighted by Crippen LogP contribution is -2.25. The highest BCUT2D eigenvalue weighted by Crippen LogP contribution is 2.09. The Bertz CT molecular complexity index is 546. The normalized spacial score (nSPS) is 11.0. The predicted molar refractivity (Wildman–Crippen MR) is 86.4 cm³/mol. The summed E-state index contributed by atoms with van der Waals surface area (Å²) in [5, 5.41) is 11.8. The number of nitrogens with one attached hydrogen (secondary N) is 1. The van der Waals surface area contributed by atoms with Gasteiger partial charge in [-0.3, -0.25) is 4.79 Å². The molecule has 0 unspecified atom stereocenters. The molecule has 0 spiro atoms. The number of hydrogen-bond donors (Lipinski definition) is 1. The van der Waals surface area contributed by atoms with Crippen LogP contribution in [0.15, 0.2) is 29.8 Å². The Morgan fingerprint density at radius 2 is 2.00 bits per heavy atom. The van der Waals surface area contributed by atoms with Gasteiger partial charge in [0, 0.05) is 6.54 Å². The number of rotatable bonds is 9. The second-order valence-corrected chi connectivity index (χ2v) is 5.25. The number of hydrogen-bond acceptors (Lipinski definition) is 2. The number of carbonyl (C=O) groups is 1. The van der Waals surface area contributed by atoms with Crippen LogP contribution in [0.2, 0.25) is 0 Å². The quantitative estimate of drug-likeness (QED) is 0.422. The third-order valence-electron chi connectivity index (χ3n) is 3.34. The molecule has 4 heteroatoms. The van der Waals surface area contributed by atoms with Crippen molar-refractivity contribution in [2.45, 2.75) is 45.4 Å². The van der Waals surface area contributed by atoms with Crippen LogP contribution in [0, 0.1) is 17.1 Å². The molecule has 0 fully saturated rings. The Kier molecular flexibility index (Phi) is 8.59. The SMILES string of the molecule is CCCCCCCCNC(=O)/C(C#N)=C\c1cccc(F)c1. The minimum atomic E-state index is -0.402. The summed E-state index contributed by atoms with van der Waals surface area (Å²) in [6.07, 6.45) is 8.26. The molecule has 118 valence electrons. The van der Waals surface area contributed by atoms with Crippen LogP contribution in [0.4, 0.5) is 4.39 Å². The molecule has 0 aromatic heterocycles. The van der Waals surface area contributed by atoms with Crippen LogP contribution in [0.5, 0.6) is 0 Å². The maximum absolute atomic E-state index is 13.1. The smallest absolute Gasteiger partial charge is 0.261 e. The highest BCUT2D eigenvalue weighted by molar-refractivity contribution is 6.01. The average molecular weight is 302 g/mol.